The van der Waals surface area contributed by atoms with Crippen LogP contribution < -0.4 is 0 Å². The molecule has 0 aliphatic carbocycles. The van der Waals surface area contributed by atoms with Crippen molar-refractivity contribution in [1.82, 2.24) is 0 Å². The van der Waals surface area contributed by atoms with Crippen molar-refractivity contribution in [1.29, 1.82) is 0 Å². The van der Waals surface area contributed by atoms with Gasteiger partial charge in [0.15, 0.2) is 0 Å². The van der Waals surface area contributed by atoms with Gasteiger partial charge in [-0.1, -0.05) is 6.58 Å². The lowest BCUT2D eigenvalue weighted by Gasteiger charge is -2.08. The number of isocyanates is 1. The molecule has 5 nitrogen and oxygen atoms in total. The molecule has 0 aromatic carbocycles. The molecule has 0 aliphatic heterocycles. The van der Waals surface area contributed by atoms with E-state index in [4.69, 9.17) is 4.74 Å². The summed E-state index contributed by atoms with van der Waals surface area (Å²) in [5, 5.41) is 9.32. The minimum atomic E-state index is -0.625. The molecule has 0 amide bonds. The van der Waals surface area contributed by atoms with Gasteiger partial charge in [-0.3, -0.25) is 0 Å². The summed E-state index contributed by atoms with van der Waals surface area (Å²) in [6.07, 6.45) is 1.44. The highest BCUT2D eigenvalue weighted by atomic mass is 16.5. The zero-order valence-electron chi connectivity index (χ0n) is 8.73. The largest absolute Gasteiger partial charge is 0.462 e. The van der Waals surface area contributed by atoms with E-state index in [0.29, 0.717) is 18.4 Å². The third kappa shape index (κ3) is 7.61. The first-order chi connectivity index (χ1) is 7.07. The van der Waals surface area contributed by atoms with Crippen LogP contribution in [0, 0.1) is 0 Å². The average Bonchev–Trinajstić information content (AvgIpc) is 2.18. The SMILES string of the molecule is C=C(C)C(=O)OCCC(O)CCN=C=O. The maximum absolute atomic E-state index is 10.9. The van der Waals surface area contributed by atoms with Gasteiger partial charge in [0.2, 0.25) is 6.08 Å². The number of rotatable bonds is 7. The molecule has 5 heteroatoms. The Kier molecular flexibility index (Phi) is 7.14. The molecule has 1 N–H and O–H groups in total. The molecule has 84 valence electrons. The molecule has 0 bridgehead atoms. The zero-order chi connectivity index (χ0) is 11.7. The standard InChI is InChI=1S/C10H15NO4/c1-8(2)10(14)15-6-4-9(13)3-5-11-7-12/h9,13H,1,3-6H2,2H3. The number of aliphatic hydroxyl groups excluding tert-OH is 1. The van der Waals surface area contributed by atoms with Crippen molar-refractivity contribution < 1.29 is 19.4 Å². The van der Waals surface area contributed by atoms with Gasteiger partial charge in [0.1, 0.15) is 0 Å². The highest BCUT2D eigenvalue weighted by molar-refractivity contribution is 5.86. The molecule has 0 aromatic heterocycles. The first kappa shape index (κ1) is 13.5. The number of aliphatic imine (C=N–C) groups is 1. The predicted molar refractivity (Wildman–Crippen MR) is 54.0 cm³/mol. The number of carbonyl (C=O) groups excluding carboxylic acids is 2. The number of aliphatic hydroxyl groups is 1. The van der Waals surface area contributed by atoms with Crippen molar-refractivity contribution in [3.05, 3.63) is 12.2 Å². The van der Waals surface area contributed by atoms with Crippen LogP contribution >= 0.6 is 0 Å². The average molecular weight is 213 g/mol. The molecule has 15 heavy (non-hydrogen) atoms. The Morgan fingerprint density at radius 1 is 1.60 bits per heavy atom. The molecule has 1 unspecified atom stereocenters. The van der Waals surface area contributed by atoms with Crippen molar-refractivity contribution >= 4 is 12.0 Å². The summed E-state index contributed by atoms with van der Waals surface area (Å²) in [4.78, 5) is 23.9. The van der Waals surface area contributed by atoms with E-state index in [-0.39, 0.29) is 13.2 Å². The highest BCUT2D eigenvalue weighted by Gasteiger charge is 2.06. The Bertz CT molecular complexity index is 269. The van der Waals surface area contributed by atoms with Crippen LogP contribution in [0.2, 0.25) is 0 Å². The molecule has 0 saturated carbocycles. The first-order valence-corrected chi connectivity index (χ1v) is 4.62. The molecule has 0 radical (unpaired) electrons. The van der Waals surface area contributed by atoms with E-state index < -0.39 is 12.1 Å². The van der Waals surface area contributed by atoms with Gasteiger partial charge in [0, 0.05) is 12.0 Å². The number of ether oxygens (including phenoxy) is 1. The quantitative estimate of drug-likeness (QED) is 0.290. The van der Waals surface area contributed by atoms with Crippen molar-refractivity contribution in [2.24, 2.45) is 4.99 Å². The van der Waals surface area contributed by atoms with Crippen LogP contribution in [-0.2, 0) is 14.3 Å². The van der Waals surface area contributed by atoms with Gasteiger partial charge >= 0.3 is 5.97 Å². The van der Waals surface area contributed by atoms with E-state index in [1.165, 1.54) is 6.08 Å². The van der Waals surface area contributed by atoms with Gasteiger partial charge < -0.3 is 9.84 Å². The normalized spacial score (nSPS) is 11.3. The minimum absolute atomic E-state index is 0.137. The maximum Gasteiger partial charge on any atom is 0.333 e. The summed E-state index contributed by atoms with van der Waals surface area (Å²) < 4.78 is 4.77. The van der Waals surface area contributed by atoms with Crippen LogP contribution in [-0.4, -0.2) is 36.4 Å². The van der Waals surface area contributed by atoms with E-state index >= 15 is 0 Å². The maximum atomic E-state index is 10.9. The van der Waals surface area contributed by atoms with E-state index in [9.17, 15) is 14.7 Å². The van der Waals surface area contributed by atoms with Crippen molar-refractivity contribution in [2.45, 2.75) is 25.9 Å². The number of hydrogen-bond donors (Lipinski definition) is 1. The Balaban J connectivity index is 3.54. The van der Waals surface area contributed by atoms with Gasteiger partial charge in [-0.15, -0.1) is 0 Å². The summed E-state index contributed by atoms with van der Waals surface area (Å²) in [6, 6.07) is 0. The zero-order valence-corrected chi connectivity index (χ0v) is 8.73. The van der Waals surface area contributed by atoms with Crippen LogP contribution in [0.3, 0.4) is 0 Å². The lowest BCUT2D eigenvalue weighted by molar-refractivity contribution is -0.139. The summed E-state index contributed by atoms with van der Waals surface area (Å²) in [5.74, 6) is -0.465. The molecular weight excluding hydrogens is 198 g/mol. The molecule has 0 aromatic rings. The fraction of sp³-hybridized carbons (Fsp3) is 0.600. The second-order valence-electron chi connectivity index (χ2n) is 3.12. The van der Waals surface area contributed by atoms with Crippen molar-refractivity contribution in [3.8, 4) is 0 Å². The summed E-state index contributed by atoms with van der Waals surface area (Å²) in [5.41, 5.74) is 0.329. The molecule has 1 atom stereocenters. The fourth-order valence-corrected chi connectivity index (χ4v) is 0.814. The monoisotopic (exact) mass is 213 g/mol. The Morgan fingerprint density at radius 3 is 2.80 bits per heavy atom. The van der Waals surface area contributed by atoms with Gasteiger partial charge in [-0.25, -0.2) is 14.6 Å². The lowest BCUT2D eigenvalue weighted by atomic mass is 10.2. The molecule has 0 spiro atoms. The van der Waals surface area contributed by atoms with Gasteiger partial charge in [0.25, 0.3) is 0 Å². The summed E-state index contributed by atoms with van der Waals surface area (Å²) in [7, 11) is 0. The highest BCUT2D eigenvalue weighted by Crippen LogP contribution is 2.00. The van der Waals surface area contributed by atoms with Crippen LogP contribution in [0.1, 0.15) is 19.8 Å². The third-order valence-corrected chi connectivity index (χ3v) is 1.67. The van der Waals surface area contributed by atoms with E-state index in [2.05, 4.69) is 11.6 Å². The van der Waals surface area contributed by atoms with Crippen molar-refractivity contribution in [3.63, 3.8) is 0 Å². The second-order valence-corrected chi connectivity index (χ2v) is 3.12. The van der Waals surface area contributed by atoms with E-state index in [1.807, 2.05) is 0 Å². The number of carbonyl (C=O) groups is 1. The number of nitrogens with zero attached hydrogens (tertiary/aromatic N) is 1. The minimum Gasteiger partial charge on any atom is -0.462 e. The molecule has 0 aliphatic rings. The smallest absolute Gasteiger partial charge is 0.333 e. The van der Waals surface area contributed by atoms with E-state index in [0.717, 1.165) is 0 Å². The third-order valence-electron chi connectivity index (χ3n) is 1.67. The second kappa shape index (κ2) is 7.91. The lowest BCUT2D eigenvalue weighted by Crippen LogP contribution is -2.14. The van der Waals surface area contributed by atoms with Gasteiger partial charge in [-0.05, 0) is 13.3 Å². The van der Waals surface area contributed by atoms with Crippen LogP contribution in [0.4, 0.5) is 0 Å². The Labute approximate surface area is 88.5 Å². The van der Waals surface area contributed by atoms with Crippen LogP contribution in [0.5, 0.6) is 0 Å². The summed E-state index contributed by atoms with van der Waals surface area (Å²) >= 11 is 0. The number of esters is 1. The Morgan fingerprint density at radius 2 is 2.27 bits per heavy atom. The topological polar surface area (TPSA) is 76.0 Å². The molecular formula is C10H15NO4. The molecule has 0 heterocycles. The van der Waals surface area contributed by atoms with Gasteiger partial charge in [0.05, 0.1) is 19.3 Å². The first-order valence-electron chi connectivity index (χ1n) is 4.62. The van der Waals surface area contributed by atoms with E-state index in [1.54, 1.807) is 6.92 Å². The molecule has 0 fully saturated rings. The van der Waals surface area contributed by atoms with Crippen LogP contribution in [0.15, 0.2) is 17.1 Å². The predicted octanol–water partition coefficient (Wildman–Crippen LogP) is 0.583. The Hall–Kier alpha value is -1.45. The van der Waals surface area contributed by atoms with Crippen LogP contribution in [0.25, 0.3) is 0 Å². The summed E-state index contributed by atoms with van der Waals surface area (Å²) in [6.45, 7) is 5.34. The molecule has 0 rings (SSSR count). The van der Waals surface area contributed by atoms with Crippen molar-refractivity contribution in [2.75, 3.05) is 13.2 Å². The van der Waals surface area contributed by atoms with Gasteiger partial charge in [-0.2, -0.15) is 0 Å². The molecule has 0 saturated heterocycles. The fourth-order valence-electron chi connectivity index (χ4n) is 0.814. The number of hydrogen-bond acceptors (Lipinski definition) is 5.